The molecule has 1 saturated heterocycles. The molecular formula is C25H28N6O3. The van der Waals surface area contributed by atoms with E-state index in [1.807, 2.05) is 55.5 Å². The molecule has 0 spiro atoms. The second kappa shape index (κ2) is 8.16. The molecule has 1 amide bonds. The van der Waals surface area contributed by atoms with E-state index < -0.39 is 5.56 Å². The molecule has 176 valence electrons. The summed E-state index contributed by atoms with van der Waals surface area (Å²) in [4.78, 5) is 27.1. The number of aromatic nitrogens is 4. The molecule has 1 fully saturated rings. The van der Waals surface area contributed by atoms with Crippen LogP contribution in [0, 0.1) is 13.8 Å². The van der Waals surface area contributed by atoms with Gasteiger partial charge in [-0.15, -0.1) is 0 Å². The minimum absolute atomic E-state index is 0.0227. The summed E-state index contributed by atoms with van der Waals surface area (Å²) >= 11 is 0. The Morgan fingerprint density at radius 1 is 1.26 bits per heavy atom. The van der Waals surface area contributed by atoms with Crippen molar-refractivity contribution in [2.24, 2.45) is 0 Å². The average Bonchev–Trinajstić information content (AvgIpc) is 3.39. The topological polar surface area (TPSA) is 123 Å². The van der Waals surface area contributed by atoms with Crippen molar-refractivity contribution < 1.29 is 9.21 Å². The highest BCUT2D eigenvalue weighted by atomic mass is 16.3. The van der Waals surface area contributed by atoms with Crippen LogP contribution in [0.15, 0.2) is 39.1 Å². The van der Waals surface area contributed by atoms with Gasteiger partial charge in [-0.2, -0.15) is 10.2 Å². The van der Waals surface area contributed by atoms with E-state index in [4.69, 9.17) is 15.2 Å². The number of amides is 1. The SMILES string of the molecule is C/C=C(\C)C(=O)N1CCC(n2nc3c(=O)[nH]nc(N)c3c2-c2oc3ccc(C)cc3c2C)CC1. The van der Waals surface area contributed by atoms with Gasteiger partial charge in [-0.05, 0) is 52.7 Å². The lowest BCUT2D eigenvalue weighted by molar-refractivity contribution is -0.128. The molecule has 0 radical (unpaired) electrons. The van der Waals surface area contributed by atoms with Gasteiger partial charge in [0.05, 0.1) is 11.4 Å². The Kier molecular flexibility index (Phi) is 5.27. The number of aryl methyl sites for hydroxylation is 2. The number of nitrogen functional groups attached to an aromatic ring is 1. The maximum Gasteiger partial charge on any atom is 0.292 e. The van der Waals surface area contributed by atoms with Crippen molar-refractivity contribution in [1.29, 1.82) is 0 Å². The lowest BCUT2D eigenvalue weighted by Crippen LogP contribution is -2.39. The first-order valence-electron chi connectivity index (χ1n) is 11.5. The monoisotopic (exact) mass is 460 g/mol. The van der Waals surface area contributed by atoms with Gasteiger partial charge in [-0.3, -0.25) is 14.3 Å². The van der Waals surface area contributed by atoms with Gasteiger partial charge in [0.15, 0.2) is 17.1 Å². The molecule has 0 unspecified atom stereocenters. The Bertz CT molecular complexity index is 1520. The molecule has 0 aliphatic carbocycles. The lowest BCUT2D eigenvalue weighted by atomic mass is 10.0. The number of benzene rings is 1. The van der Waals surface area contributed by atoms with Gasteiger partial charge >= 0.3 is 0 Å². The van der Waals surface area contributed by atoms with Crippen LogP contribution in [0.25, 0.3) is 33.3 Å². The number of carbonyl (C=O) groups is 1. The fraction of sp³-hybridized carbons (Fsp3) is 0.360. The molecular weight excluding hydrogens is 432 g/mol. The van der Waals surface area contributed by atoms with Gasteiger partial charge in [0.25, 0.3) is 5.56 Å². The van der Waals surface area contributed by atoms with Crippen LogP contribution in [-0.4, -0.2) is 43.9 Å². The number of hydrogen-bond acceptors (Lipinski definition) is 6. The predicted octanol–water partition coefficient (Wildman–Crippen LogP) is 3.86. The van der Waals surface area contributed by atoms with Crippen molar-refractivity contribution in [3.63, 3.8) is 0 Å². The maximum atomic E-state index is 12.6. The fourth-order valence-corrected chi connectivity index (χ4v) is 4.78. The minimum atomic E-state index is -0.398. The summed E-state index contributed by atoms with van der Waals surface area (Å²) in [5, 5.41) is 12.6. The highest BCUT2D eigenvalue weighted by Gasteiger charge is 2.31. The van der Waals surface area contributed by atoms with E-state index in [1.165, 1.54) is 0 Å². The number of rotatable bonds is 3. The molecule has 0 saturated carbocycles. The summed E-state index contributed by atoms with van der Waals surface area (Å²) < 4.78 is 8.17. The Morgan fingerprint density at radius 3 is 2.71 bits per heavy atom. The zero-order valence-corrected chi connectivity index (χ0v) is 19.8. The van der Waals surface area contributed by atoms with Crippen LogP contribution in [-0.2, 0) is 4.79 Å². The second-order valence-corrected chi connectivity index (χ2v) is 9.01. The summed E-state index contributed by atoms with van der Waals surface area (Å²) in [6.45, 7) is 8.95. The number of allylic oxidation sites excluding steroid dienone is 1. The molecule has 0 atom stereocenters. The molecule has 9 nitrogen and oxygen atoms in total. The number of nitrogens with two attached hydrogens (primary N) is 1. The van der Waals surface area contributed by atoms with Crippen LogP contribution in [0.3, 0.4) is 0 Å². The predicted molar refractivity (Wildman–Crippen MR) is 132 cm³/mol. The molecule has 4 heterocycles. The molecule has 3 aromatic heterocycles. The van der Waals surface area contributed by atoms with Crippen LogP contribution >= 0.6 is 0 Å². The first kappa shape index (κ1) is 21.9. The van der Waals surface area contributed by atoms with Crippen molar-refractivity contribution in [2.75, 3.05) is 18.8 Å². The Labute approximate surface area is 196 Å². The molecule has 1 aromatic carbocycles. The van der Waals surface area contributed by atoms with Crippen LogP contribution in [0.5, 0.6) is 0 Å². The van der Waals surface area contributed by atoms with Crippen molar-refractivity contribution in [3.05, 3.63) is 51.3 Å². The van der Waals surface area contributed by atoms with E-state index in [1.54, 1.807) is 0 Å². The highest BCUT2D eigenvalue weighted by molar-refractivity contribution is 6.01. The van der Waals surface area contributed by atoms with Crippen LogP contribution in [0.1, 0.15) is 43.9 Å². The van der Waals surface area contributed by atoms with Gasteiger partial charge in [-0.1, -0.05) is 17.7 Å². The van der Waals surface area contributed by atoms with Crippen molar-refractivity contribution in [3.8, 4) is 11.5 Å². The maximum absolute atomic E-state index is 12.6. The zero-order chi connectivity index (χ0) is 24.1. The third-order valence-corrected chi connectivity index (χ3v) is 6.83. The lowest BCUT2D eigenvalue weighted by Gasteiger charge is -2.33. The van der Waals surface area contributed by atoms with E-state index >= 15 is 0 Å². The van der Waals surface area contributed by atoms with Crippen LogP contribution in [0.2, 0.25) is 0 Å². The highest BCUT2D eigenvalue weighted by Crippen LogP contribution is 2.40. The van der Waals surface area contributed by atoms with Crippen molar-refractivity contribution in [2.45, 2.75) is 46.6 Å². The van der Waals surface area contributed by atoms with Gasteiger partial charge < -0.3 is 15.1 Å². The number of hydrogen-bond donors (Lipinski definition) is 2. The number of piperidine rings is 1. The van der Waals surface area contributed by atoms with Gasteiger partial charge in [-0.25, -0.2) is 5.10 Å². The molecule has 1 aliphatic rings. The number of likely N-dealkylation sites (tertiary alicyclic amines) is 1. The van der Waals surface area contributed by atoms with E-state index in [0.717, 1.165) is 27.7 Å². The molecule has 34 heavy (non-hydrogen) atoms. The smallest absolute Gasteiger partial charge is 0.292 e. The van der Waals surface area contributed by atoms with Crippen LogP contribution < -0.4 is 11.3 Å². The first-order valence-corrected chi connectivity index (χ1v) is 11.5. The number of H-pyrrole nitrogens is 1. The van der Waals surface area contributed by atoms with E-state index in [2.05, 4.69) is 16.3 Å². The zero-order valence-electron chi connectivity index (χ0n) is 19.8. The number of fused-ring (bicyclic) bond motifs is 2. The largest absolute Gasteiger partial charge is 0.454 e. The number of nitrogens with zero attached hydrogens (tertiary/aromatic N) is 4. The van der Waals surface area contributed by atoms with E-state index in [-0.39, 0.29) is 23.3 Å². The third kappa shape index (κ3) is 3.39. The number of furan rings is 1. The van der Waals surface area contributed by atoms with Gasteiger partial charge in [0.2, 0.25) is 5.91 Å². The first-order chi connectivity index (χ1) is 16.3. The second-order valence-electron chi connectivity index (χ2n) is 9.01. The molecule has 3 N–H and O–H groups in total. The van der Waals surface area contributed by atoms with Crippen LogP contribution in [0.4, 0.5) is 5.82 Å². The fourth-order valence-electron chi connectivity index (χ4n) is 4.78. The van der Waals surface area contributed by atoms with Gasteiger partial charge in [0.1, 0.15) is 11.3 Å². The molecule has 9 heteroatoms. The molecule has 0 bridgehead atoms. The Morgan fingerprint density at radius 2 is 2.00 bits per heavy atom. The Hall–Kier alpha value is -3.88. The average molecular weight is 461 g/mol. The molecule has 5 rings (SSSR count). The van der Waals surface area contributed by atoms with Gasteiger partial charge in [0, 0.05) is 29.6 Å². The Balaban J connectivity index is 1.65. The van der Waals surface area contributed by atoms with Crippen molar-refractivity contribution >= 4 is 33.6 Å². The minimum Gasteiger partial charge on any atom is -0.454 e. The third-order valence-electron chi connectivity index (χ3n) is 6.83. The quantitative estimate of drug-likeness (QED) is 0.448. The summed E-state index contributed by atoms with van der Waals surface area (Å²) in [5.74, 6) is 0.883. The summed E-state index contributed by atoms with van der Waals surface area (Å²) in [6, 6.07) is 6.02. The summed E-state index contributed by atoms with van der Waals surface area (Å²) in [5.41, 5.74) is 10.3. The number of aromatic amines is 1. The standard InChI is InChI=1S/C25H28N6O3/c1-5-14(3)25(33)30-10-8-16(9-11-30)31-21(19-20(29-31)24(32)28-27-23(19)26)22-15(4)17-12-13(2)6-7-18(17)34-22/h5-7,12,16H,8-11H2,1-4H3,(H2,26,27)(H,28,32)/b14-5+. The van der Waals surface area contributed by atoms with E-state index in [0.29, 0.717) is 42.8 Å². The van der Waals surface area contributed by atoms with Crippen molar-refractivity contribution in [1.82, 2.24) is 24.9 Å². The normalized spacial score (nSPS) is 15.5. The molecule has 4 aromatic rings. The molecule has 1 aliphatic heterocycles. The number of anilines is 1. The van der Waals surface area contributed by atoms with E-state index in [9.17, 15) is 9.59 Å². The number of carbonyl (C=O) groups excluding carboxylic acids is 1. The summed E-state index contributed by atoms with van der Waals surface area (Å²) in [7, 11) is 0. The summed E-state index contributed by atoms with van der Waals surface area (Å²) in [6.07, 6.45) is 3.24. The number of nitrogens with one attached hydrogen (secondary N) is 1.